The number of furan rings is 1. The molecule has 3 N–H and O–H groups in total. The van der Waals surface area contributed by atoms with Crippen molar-refractivity contribution in [2.24, 2.45) is 5.84 Å². The Morgan fingerprint density at radius 3 is 2.74 bits per heavy atom. The van der Waals surface area contributed by atoms with E-state index in [4.69, 9.17) is 15.0 Å². The lowest BCUT2D eigenvalue weighted by Crippen LogP contribution is -2.37. The van der Waals surface area contributed by atoms with Crippen LogP contribution in [0.4, 0.5) is 0 Å². The van der Waals surface area contributed by atoms with Gasteiger partial charge in [-0.2, -0.15) is 0 Å². The van der Waals surface area contributed by atoms with E-state index >= 15 is 0 Å². The number of benzene rings is 1. The highest BCUT2D eigenvalue weighted by atomic mass is 16.5. The first-order valence-corrected chi connectivity index (χ1v) is 6.86. The smallest absolute Gasteiger partial charge is 0.134 e. The molecule has 0 saturated carbocycles. The average Bonchev–Trinajstić information content (AvgIpc) is 2.83. The van der Waals surface area contributed by atoms with Crippen LogP contribution in [0.1, 0.15) is 38.5 Å². The quantitative estimate of drug-likeness (QED) is 0.594. The van der Waals surface area contributed by atoms with Gasteiger partial charge in [0.25, 0.3) is 0 Å². The summed E-state index contributed by atoms with van der Waals surface area (Å²) < 4.78 is 11.7. The molecule has 0 saturated heterocycles. The van der Waals surface area contributed by atoms with E-state index in [9.17, 15) is 0 Å². The molecule has 2 aromatic rings. The SMILES string of the molecule is CCCC(OCC)C(NN)c1cc2ccccc2o1. The second-order valence-electron chi connectivity index (χ2n) is 4.61. The van der Waals surface area contributed by atoms with Gasteiger partial charge < -0.3 is 9.15 Å². The van der Waals surface area contributed by atoms with Gasteiger partial charge in [0.05, 0.1) is 6.10 Å². The van der Waals surface area contributed by atoms with E-state index in [0.29, 0.717) is 6.61 Å². The first kappa shape index (κ1) is 14.1. The fourth-order valence-corrected chi connectivity index (χ4v) is 2.37. The van der Waals surface area contributed by atoms with Gasteiger partial charge in [0.15, 0.2) is 0 Å². The fraction of sp³-hybridized carbons (Fsp3) is 0.467. The molecule has 104 valence electrons. The number of ether oxygens (including phenoxy) is 1. The zero-order chi connectivity index (χ0) is 13.7. The van der Waals surface area contributed by atoms with Crippen molar-refractivity contribution in [3.63, 3.8) is 0 Å². The average molecular weight is 262 g/mol. The lowest BCUT2D eigenvalue weighted by molar-refractivity contribution is 0.0225. The van der Waals surface area contributed by atoms with Crippen molar-refractivity contribution in [3.05, 3.63) is 36.1 Å². The maximum absolute atomic E-state index is 5.87. The molecule has 0 aliphatic carbocycles. The third-order valence-corrected chi connectivity index (χ3v) is 3.26. The van der Waals surface area contributed by atoms with E-state index in [0.717, 1.165) is 29.6 Å². The van der Waals surface area contributed by atoms with Gasteiger partial charge in [-0.3, -0.25) is 5.84 Å². The van der Waals surface area contributed by atoms with E-state index < -0.39 is 0 Å². The van der Waals surface area contributed by atoms with Crippen LogP contribution in [0.15, 0.2) is 34.7 Å². The monoisotopic (exact) mass is 262 g/mol. The molecule has 19 heavy (non-hydrogen) atoms. The van der Waals surface area contributed by atoms with Crippen molar-refractivity contribution >= 4 is 11.0 Å². The van der Waals surface area contributed by atoms with Crippen LogP contribution in [-0.2, 0) is 4.74 Å². The Morgan fingerprint density at radius 1 is 1.32 bits per heavy atom. The second-order valence-corrected chi connectivity index (χ2v) is 4.61. The summed E-state index contributed by atoms with van der Waals surface area (Å²) in [5.74, 6) is 6.53. The topological polar surface area (TPSA) is 60.4 Å². The minimum atomic E-state index is -0.118. The van der Waals surface area contributed by atoms with Crippen LogP contribution < -0.4 is 11.3 Å². The summed E-state index contributed by atoms with van der Waals surface area (Å²) in [7, 11) is 0. The largest absolute Gasteiger partial charge is 0.459 e. The van der Waals surface area contributed by atoms with Gasteiger partial charge in [-0.15, -0.1) is 0 Å². The number of fused-ring (bicyclic) bond motifs is 1. The van der Waals surface area contributed by atoms with Gasteiger partial charge in [-0.1, -0.05) is 31.5 Å². The molecular formula is C15H22N2O2. The van der Waals surface area contributed by atoms with Crippen molar-refractivity contribution in [2.75, 3.05) is 6.61 Å². The highest BCUT2D eigenvalue weighted by Gasteiger charge is 2.25. The maximum atomic E-state index is 5.87. The van der Waals surface area contributed by atoms with E-state index in [1.807, 2.05) is 37.3 Å². The van der Waals surface area contributed by atoms with Crippen LogP contribution in [0.25, 0.3) is 11.0 Å². The Balaban J connectivity index is 2.28. The van der Waals surface area contributed by atoms with Crippen LogP contribution in [0.3, 0.4) is 0 Å². The molecule has 0 bridgehead atoms. The van der Waals surface area contributed by atoms with Crippen LogP contribution >= 0.6 is 0 Å². The fourth-order valence-electron chi connectivity index (χ4n) is 2.37. The molecule has 4 heteroatoms. The number of rotatable bonds is 7. The standard InChI is InChI=1S/C15H22N2O2/c1-3-7-13(18-4-2)15(17-16)14-10-11-8-5-6-9-12(11)19-14/h5-6,8-10,13,15,17H,3-4,7,16H2,1-2H3. The number of hydrogen-bond donors (Lipinski definition) is 2. The van der Waals surface area contributed by atoms with Crippen molar-refractivity contribution < 1.29 is 9.15 Å². The Kier molecular flexibility index (Phi) is 4.96. The summed E-state index contributed by atoms with van der Waals surface area (Å²) in [5.41, 5.74) is 3.71. The van der Waals surface area contributed by atoms with E-state index in [1.54, 1.807) is 0 Å². The molecule has 0 aliphatic rings. The van der Waals surface area contributed by atoms with E-state index in [1.165, 1.54) is 0 Å². The van der Waals surface area contributed by atoms with Crippen LogP contribution in [0, 0.1) is 0 Å². The van der Waals surface area contributed by atoms with Crippen LogP contribution in [0.5, 0.6) is 0 Å². The Hall–Kier alpha value is -1.36. The van der Waals surface area contributed by atoms with Crippen molar-refractivity contribution in [3.8, 4) is 0 Å². The number of hydrazine groups is 1. The minimum Gasteiger partial charge on any atom is -0.459 e. The van der Waals surface area contributed by atoms with Gasteiger partial charge in [-0.05, 0) is 25.5 Å². The Bertz CT molecular complexity index is 471. The minimum absolute atomic E-state index is 0.0283. The molecule has 4 nitrogen and oxygen atoms in total. The van der Waals surface area contributed by atoms with Crippen molar-refractivity contribution in [1.82, 2.24) is 5.43 Å². The summed E-state index contributed by atoms with van der Waals surface area (Å²) in [6.45, 7) is 4.80. The highest BCUT2D eigenvalue weighted by Crippen LogP contribution is 2.28. The first-order valence-electron chi connectivity index (χ1n) is 6.86. The molecule has 0 spiro atoms. The molecular weight excluding hydrogens is 240 g/mol. The number of nitrogens with one attached hydrogen (secondary N) is 1. The Labute approximate surface area is 113 Å². The second kappa shape index (κ2) is 6.70. The number of nitrogens with two attached hydrogens (primary N) is 1. The number of para-hydroxylation sites is 1. The van der Waals surface area contributed by atoms with Crippen molar-refractivity contribution in [1.29, 1.82) is 0 Å². The zero-order valence-corrected chi connectivity index (χ0v) is 11.6. The van der Waals surface area contributed by atoms with Gasteiger partial charge in [0.1, 0.15) is 17.4 Å². The third-order valence-electron chi connectivity index (χ3n) is 3.26. The van der Waals surface area contributed by atoms with E-state index in [2.05, 4.69) is 12.3 Å². The summed E-state index contributed by atoms with van der Waals surface area (Å²) in [4.78, 5) is 0. The predicted molar refractivity (Wildman–Crippen MR) is 76.6 cm³/mol. The van der Waals surface area contributed by atoms with E-state index in [-0.39, 0.29) is 12.1 Å². The number of hydrogen-bond acceptors (Lipinski definition) is 4. The van der Waals surface area contributed by atoms with Gasteiger partial charge in [0, 0.05) is 12.0 Å². The molecule has 1 heterocycles. The highest BCUT2D eigenvalue weighted by molar-refractivity contribution is 5.77. The molecule has 1 aromatic heterocycles. The molecule has 0 fully saturated rings. The summed E-state index contributed by atoms with van der Waals surface area (Å²) >= 11 is 0. The molecule has 0 amide bonds. The van der Waals surface area contributed by atoms with Crippen molar-refractivity contribution in [2.45, 2.75) is 38.8 Å². The Morgan fingerprint density at radius 2 is 2.11 bits per heavy atom. The van der Waals surface area contributed by atoms with Gasteiger partial charge >= 0.3 is 0 Å². The van der Waals surface area contributed by atoms with Crippen LogP contribution in [0.2, 0.25) is 0 Å². The lowest BCUT2D eigenvalue weighted by Gasteiger charge is -2.24. The molecule has 1 aromatic carbocycles. The predicted octanol–water partition coefficient (Wildman–Crippen LogP) is 3.14. The molecule has 0 aliphatic heterocycles. The van der Waals surface area contributed by atoms with Gasteiger partial charge in [-0.25, -0.2) is 5.43 Å². The molecule has 2 atom stereocenters. The summed E-state index contributed by atoms with van der Waals surface area (Å²) in [5, 5.41) is 1.09. The molecule has 2 rings (SSSR count). The molecule has 0 radical (unpaired) electrons. The molecule has 2 unspecified atom stereocenters. The normalized spacial score (nSPS) is 14.7. The first-order chi connectivity index (χ1) is 9.30. The zero-order valence-electron chi connectivity index (χ0n) is 11.6. The third kappa shape index (κ3) is 3.15. The van der Waals surface area contributed by atoms with Crippen LogP contribution in [-0.4, -0.2) is 12.7 Å². The summed E-state index contributed by atoms with van der Waals surface area (Å²) in [6.07, 6.45) is 2.02. The van der Waals surface area contributed by atoms with Gasteiger partial charge in [0.2, 0.25) is 0 Å². The maximum Gasteiger partial charge on any atom is 0.134 e. The lowest BCUT2D eigenvalue weighted by atomic mass is 10.0. The summed E-state index contributed by atoms with van der Waals surface area (Å²) in [6, 6.07) is 9.87.